The van der Waals surface area contributed by atoms with Gasteiger partial charge in [-0.1, -0.05) is 25.1 Å². The summed E-state index contributed by atoms with van der Waals surface area (Å²) in [5.74, 6) is 0.837. The number of fused-ring (bicyclic) bond motifs is 1. The average Bonchev–Trinajstić information content (AvgIpc) is 2.97. The van der Waals surface area contributed by atoms with E-state index in [1.807, 2.05) is 18.2 Å². The Morgan fingerprint density at radius 3 is 2.76 bits per heavy atom. The fourth-order valence-corrected chi connectivity index (χ4v) is 4.46. The van der Waals surface area contributed by atoms with Gasteiger partial charge in [0.25, 0.3) is 11.8 Å². The quantitative estimate of drug-likeness (QED) is 0.862. The lowest BCUT2D eigenvalue weighted by atomic mass is 9.88. The summed E-state index contributed by atoms with van der Waals surface area (Å²) in [6.45, 7) is 2.13. The van der Waals surface area contributed by atoms with Gasteiger partial charge in [-0.3, -0.25) is 9.59 Å². The van der Waals surface area contributed by atoms with Crippen LogP contribution in [-0.4, -0.2) is 25.5 Å². The molecular formula is C19H22N2O3S. The zero-order chi connectivity index (χ0) is 17.8. The molecule has 1 heterocycles. The summed E-state index contributed by atoms with van der Waals surface area (Å²) in [5.41, 5.74) is 1.70. The molecule has 3 rings (SSSR count). The first kappa shape index (κ1) is 17.5. The van der Waals surface area contributed by atoms with E-state index in [-0.39, 0.29) is 18.4 Å². The van der Waals surface area contributed by atoms with Crippen molar-refractivity contribution >= 4 is 28.2 Å². The molecule has 25 heavy (non-hydrogen) atoms. The fourth-order valence-electron chi connectivity index (χ4n) is 3.03. The number of anilines is 1. The normalized spacial score (nSPS) is 16.0. The van der Waals surface area contributed by atoms with E-state index in [0.717, 1.165) is 24.8 Å². The van der Waals surface area contributed by atoms with Gasteiger partial charge in [0.05, 0.1) is 5.56 Å². The number of benzene rings is 1. The Kier molecular flexibility index (Phi) is 5.38. The van der Waals surface area contributed by atoms with Crippen LogP contribution in [0.25, 0.3) is 0 Å². The van der Waals surface area contributed by atoms with Crippen molar-refractivity contribution in [3.05, 3.63) is 46.3 Å². The van der Waals surface area contributed by atoms with Crippen LogP contribution in [0.5, 0.6) is 5.75 Å². The molecule has 5 nitrogen and oxygen atoms in total. The van der Waals surface area contributed by atoms with Crippen molar-refractivity contribution in [3.8, 4) is 5.75 Å². The zero-order valence-electron chi connectivity index (χ0n) is 14.4. The minimum Gasteiger partial charge on any atom is -0.484 e. The molecule has 0 bridgehead atoms. The van der Waals surface area contributed by atoms with Crippen molar-refractivity contribution in [2.75, 3.05) is 19.0 Å². The maximum absolute atomic E-state index is 12.3. The number of ether oxygens (including phenoxy) is 1. The average molecular weight is 358 g/mol. The number of hydrogen-bond donors (Lipinski definition) is 2. The molecule has 132 valence electrons. The van der Waals surface area contributed by atoms with E-state index >= 15 is 0 Å². The number of rotatable bonds is 5. The molecule has 2 amide bonds. The number of carbonyl (C=O) groups is 2. The van der Waals surface area contributed by atoms with Gasteiger partial charge in [-0.25, -0.2) is 0 Å². The summed E-state index contributed by atoms with van der Waals surface area (Å²) < 4.78 is 5.48. The number of amides is 2. The highest BCUT2D eigenvalue weighted by Crippen LogP contribution is 2.39. The third-order valence-corrected chi connectivity index (χ3v) is 5.50. The van der Waals surface area contributed by atoms with Crippen LogP contribution in [0.1, 0.15) is 34.1 Å². The Morgan fingerprint density at radius 2 is 2.04 bits per heavy atom. The van der Waals surface area contributed by atoms with Gasteiger partial charge in [-0.15, -0.1) is 11.3 Å². The van der Waals surface area contributed by atoms with E-state index in [4.69, 9.17) is 4.74 Å². The van der Waals surface area contributed by atoms with Crippen molar-refractivity contribution in [1.82, 2.24) is 5.32 Å². The second-order valence-electron chi connectivity index (χ2n) is 6.28. The Labute approximate surface area is 151 Å². The summed E-state index contributed by atoms with van der Waals surface area (Å²) in [6, 6.07) is 9.19. The van der Waals surface area contributed by atoms with Gasteiger partial charge in [-0.2, -0.15) is 0 Å². The Hall–Kier alpha value is -2.34. The van der Waals surface area contributed by atoms with Crippen LogP contribution in [0, 0.1) is 5.92 Å². The molecule has 0 saturated carbocycles. The SMILES string of the molecule is CNC(=O)c1c(NC(=O)COc2ccccc2)sc2c1CCC(C)C2. The third kappa shape index (κ3) is 4.02. The minimum atomic E-state index is -0.263. The standard InChI is InChI=1S/C19H22N2O3S/c1-12-8-9-14-15(10-12)25-19(17(14)18(23)20-2)21-16(22)11-24-13-6-4-3-5-7-13/h3-7,12H,8-11H2,1-2H3,(H,20,23)(H,21,22). The van der Waals surface area contributed by atoms with Gasteiger partial charge in [0.2, 0.25) is 0 Å². The van der Waals surface area contributed by atoms with Gasteiger partial charge in [0, 0.05) is 11.9 Å². The molecule has 1 aromatic carbocycles. The van der Waals surface area contributed by atoms with E-state index < -0.39 is 0 Å². The van der Waals surface area contributed by atoms with E-state index in [1.165, 1.54) is 16.2 Å². The smallest absolute Gasteiger partial charge is 0.262 e. The fraction of sp³-hybridized carbons (Fsp3) is 0.368. The number of thiophene rings is 1. The molecule has 1 aromatic heterocycles. The molecule has 2 N–H and O–H groups in total. The molecule has 2 aromatic rings. The minimum absolute atomic E-state index is 0.0871. The molecule has 0 spiro atoms. The summed E-state index contributed by atoms with van der Waals surface area (Å²) >= 11 is 1.51. The van der Waals surface area contributed by atoms with Crippen LogP contribution in [0.3, 0.4) is 0 Å². The lowest BCUT2D eigenvalue weighted by molar-refractivity contribution is -0.118. The summed E-state index contributed by atoms with van der Waals surface area (Å²) in [6.07, 6.45) is 2.91. The Bertz CT molecular complexity index is 770. The highest BCUT2D eigenvalue weighted by atomic mass is 32.1. The summed E-state index contributed by atoms with van der Waals surface area (Å²) in [4.78, 5) is 25.8. The molecule has 6 heteroatoms. The maximum atomic E-state index is 12.3. The summed E-state index contributed by atoms with van der Waals surface area (Å²) in [5, 5.41) is 6.17. The van der Waals surface area contributed by atoms with Crippen molar-refractivity contribution in [1.29, 1.82) is 0 Å². The number of hydrogen-bond acceptors (Lipinski definition) is 4. The van der Waals surface area contributed by atoms with Crippen molar-refractivity contribution < 1.29 is 14.3 Å². The van der Waals surface area contributed by atoms with Crippen molar-refractivity contribution in [2.24, 2.45) is 5.92 Å². The van der Waals surface area contributed by atoms with E-state index in [2.05, 4.69) is 17.6 Å². The second-order valence-corrected chi connectivity index (χ2v) is 7.39. The zero-order valence-corrected chi connectivity index (χ0v) is 15.2. The van der Waals surface area contributed by atoms with Crippen LogP contribution < -0.4 is 15.4 Å². The first-order valence-electron chi connectivity index (χ1n) is 8.42. The van der Waals surface area contributed by atoms with Crippen molar-refractivity contribution in [2.45, 2.75) is 26.2 Å². The van der Waals surface area contributed by atoms with Gasteiger partial charge in [-0.05, 0) is 42.9 Å². The van der Waals surface area contributed by atoms with Crippen LogP contribution >= 0.6 is 11.3 Å². The van der Waals surface area contributed by atoms with Crippen LogP contribution in [0.4, 0.5) is 5.00 Å². The third-order valence-electron chi connectivity index (χ3n) is 4.33. The maximum Gasteiger partial charge on any atom is 0.262 e. The van der Waals surface area contributed by atoms with Gasteiger partial charge in [0.1, 0.15) is 10.8 Å². The van der Waals surface area contributed by atoms with E-state index in [0.29, 0.717) is 22.2 Å². The molecule has 1 unspecified atom stereocenters. The molecule has 1 aliphatic rings. The summed E-state index contributed by atoms with van der Waals surface area (Å²) in [7, 11) is 1.61. The van der Waals surface area contributed by atoms with Crippen molar-refractivity contribution in [3.63, 3.8) is 0 Å². The van der Waals surface area contributed by atoms with Crippen LogP contribution in [-0.2, 0) is 17.6 Å². The van der Waals surface area contributed by atoms with E-state index in [1.54, 1.807) is 19.2 Å². The monoisotopic (exact) mass is 358 g/mol. The highest BCUT2D eigenvalue weighted by Gasteiger charge is 2.27. The number of carbonyl (C=O) groups excluding carboxylic acids is 2. The van der Waals surface area contributed by atoms with Crippen LogP contribution in [0.15, 0.2) is 30.3 Å². The largest absolute Gasteiger partial charge is 0.484 e. The lowest BCUT2D eigenvalue weighted by Gasteiger charge is -2.18. The Balaban J connectivity index is 1.75. The Morgan fingerprint density at radius 1 is 1.28 bits per heavy atom. The molecule has 0 aliphatic heterocycles. The predicted octanol–water partition coefficient (Wildman–Crippen LogP) is 3.25. The molecule has 1 aliphatic carbocycles. The molecule has 0 fully saturated rings. The molecular weight excluding hydrogens is 336 g/mol. The first-order valence-corrected chi connectivity index (χ1v) is 9.24. The molecule has 0 radical (unpaired) electrons. The van der Waals surface area contributed by atoms with Crippen LogP contribution in [0.2, 0.25) is 0 Å². The highest BCUT2D eigenvalue weighted by molar-refractivity contribution is 7.17. The topological polar surface area (TPSA) is 67.4 Å². The van der Waals surface area contributed by atoms with Gasteiger partial charge in [0.15, 0.2) is 6.61 Å². The predicted molar refractivity (Wildman–Crippen MR) is 99.5 cm³/mol. The van der Waals surface area contributed by atoms with Gasteiger partial charge < -0.3 is 15.4 Å². The first-order chi connectivity index (χ1) is 12.1. The molecule has 0 saturated heterocycles. The number of nitrogens with one attached hydrogen (secondary N) is 2. The number of para-hydroxylation sites is 1. The lowest BCUT2D eigenvalue weighted by Crippen LogP contribution is -2.24. The van der Waals surface area contributed by atoms with E-state index in [9.17, 15) is 9.59 Å². The second kappa shape index (κ2) is 7.70. The van der Waals surface area contributed by atoms with Gasteiger partial charge >= 0.3 is 0 Å². The molecule has 1 atom stereocenters.